The number of halogens is 2. The summed E-state index contributed by atoms with van der Waals surface area (Å²) in [5.41, 5.74) is 5.74. The number of nitrogens with one attached hydrogen (secondary N) is 1. The fourth-order valence-electron chi connectivity index (χ4n) is 1.51. The molecule has 0 radical (unpaired) electrons. The molecule has 0 bridgehead atoms. The fraction of sp³-hybridized carbons (Fsp3) is 0.462. The molecule has 0 aliphatic rings. The molecule has 0 aromatic heterocycles. The maximum atomic E-state index is 13.5. The molecule has 5 heteroatoms. The molecule has 3 unspecified atom stereocenters. The summed E-state index contributed by atoms with van der Waals surface area (Å²) in [6.45, 7) is 5.01. The lowest BCUT2D eigenvalue weighted by Gasteiger charge is -2.20. The minimum absolute atomic E-state index is 0.125. The summed E-state index contributed by atoms with van der Waals surface area (Å²) >= 11 is 0. The van der Waals surface area contributed by atoms with Crippen LogP contribution in [0.3, 0.4) is 0 Å². The zero-order valence-electron chi connectivity index (χ0n) is 10.7. The molecule has 0 saturated carbocycles. The summed E-state index contributed by atoms with van der Waals surface area (Å²) in [4.78, 5) is 11.8. The van der Waals surface area contributed by atoms with Crippen molar-refractivity contribution in [3.8, 4) is 0 Å². The third-order valence-electron chi connectivity index (χ3n) is 2.99. The Hall–Kier alpha value is -1.49. The van der Waals surface area contributed by atoms with E-state index in [1.165, 1.54) is 0 Å². The predicted molar refractivity (Wildman–Crippen MR) is 65.7 cm³/mol. The maximum absolute atomic E-state index is 13.5. The number of amides is 1. The number of nitrogens with two attached hydrogens (primary N) is 1. The standard InChI is InChI=1S/C13H18F2N2O/c1-7(8(2)16)13(18)17-9(3)11-6-10(14)4-5-12(11)15/h4-9H,16H2,1-3H3,(H,17,18). The van der Waals surface area contributed by atoms with Crippen molar-refractivity contribution < 1.29 is 13.6 Å². The van der Waals surface area contributed by atoms with Crippen LogP contribution in [0.1, 0.15) is 32.4 Å². The highest BCUT2D eigenvalue weighted by atomic mass is 19.1. The molecule has 0 heterocycles. The molecule has 0 aliphatic heterocycles. The molecule has 0 saturated heterocycles. The second-order valence-electron chi connectivity index (χ2n) is 4.54. The molecule has 3 atom stereocenters. The van der Waals surface area contributed by atoms with Crippen molar-refractivity contribution >= 4 is 5.91 Å². The molecule has 1 rings (SSSR count). The van der Waals surface area contributed by atoms with Crippen molar-refractivity contribution in [2.45, 2.75) is 32.9 Å². The van der Waals surface area contributed by atoms with Crippen molar-refractivity contribution in [2.24, 2.45) is 11.7 Å². The van der Waals surface area contributed by atoms with Crippen LogP contribution in [0.15, 0.2) is 18.2 Å². The van der Waals surface area contributed by atoms with E-state index >= 15 is 0 Å². The molecular weight excluding hydrogens is 238 g/mol. The molecule has 0 spiro atoms. The SMILES string of the molecule is CC(NC(=O)C(C)C(C)N)c1cc(F)ccc1F. The van der Waals surface area contributed by atoms with Crippen LogP contribution in [-0.4, -0.2) is 11.9 Å². The van der Waals surface area contributed by atoms with Gasteiger partial charge in [0.15, 0.2) is 0 Å². The largest absolute Gasteiger partial charge is 0.349 e. The summed E-state index contributed by atoms with van der Waals surface area (Å²) in [7, 11) is 0. The average Bonchev–Trinajstić information content (AvgIpc) is 2.30. The monoisotopic (exact) mass is 256 g/mol. The number of benzene rings is 1. The molecule has 0 fully saturated rings. The number of hydrogen-bond donors (Lipinski definition) is 2. The van der Waals surface area contributed by atoms with E-state index in [-0.39, 0.29) is 23.4 Å². The van der Waals surface area contributed by atoms with Crippen LogP contribution in [0.4, 0.5) is 8.78 Å². The predicted octanol–water partition coefficient (Wildman–Crippen LogP) is 2.13. The Morgan fingerprint density at radius 2 is 1.89 bits per heavy atom. The third kappa shape index (κ3) is 3.50. The normalized spacial score (nSPS) is 15.9. The lowest BCUT2D eigenvalue weighted by molar-refractivity contribution is -0.125. The zero-order valence-corrected chi connectivity index (χ0v) is 10.7. The minimum Gasteiger partial charge on any atom is -0.349 e. The molecule has 3 N–H and O–H groups in total. The van der Waals surface area contributed by atoms with Gasteiger partial charge < -0.3 is 11.1 Å². The highest BCUT2D eigenvalue weighted by molar-refractivity contribution is 5.79. The maximum Gasteiger partial charge on any atom is 0.224 e. The first-order valence-electron chi connectivity index (χ1n) is 5.83. The topological polar surface area (TPSA) is 55.1 Å². The molecule has 3 nitrogen and oxygen atoms in total. The Balaban J connectivity index is 2.79. The molecule has 1 aromatic rings. The Labute approximate surface area is 105 Å². The van der Waals surface area contributed by atoms with Crippen molar-refractivity contribution in [3.05, 3.63) is 35.4 Å². The second-order valence-corrected chi connectivity index (χ2v) is 4.54. The fourth-order valence-corrected chi connectivity index (χ4v) is 1.51. The smallest absolute Gasteiger partial charge is 0.224 e. The van der Waals surface area contributed by atoms with Crippen LogP contribution in [0, 0.1) is 17.6 Å². The van der Waals surface area contributed by atoms with Crippen LogP contribution in [0.25, 0.3) is 0 Å². The van der Waals surface area contributed by atoms with E-state index in [9.17, 15) is 13.6 Å². The van der Waals surface area contributed by atoms with Crippen molar-refractivity contribution in [1.29, 1.82) is 0 Å². The molecule has 100 valence electrons. The van der Waals surface area contributed by atoms with Gasteiger partial charge in [0.2, 0.25) is 5.91 Å². The first kappa shape index (κ1) is 14.6. The van der Waals surface area contributed by atoms with Crippen LogP contribution >= 0.6 is 0 Å². The first-order chi connectivity index (χ1) is 8.32. The number of rotatable bonds is 4. The van der Waals surface area contributed by atoms with Gasteiger partial charge in [0, 0.05) is 17.5 Å². The molecule has 1 amide bonds. The van der Waals surface area contributed by atoms with E-state index in [2.05, 4.69) is 5.32 Å². The third-order valence-corrected chi connectivity index (χ3v) is 2.99. The lowest BCUT2D eigenvalue weighted by atomic mass is 10.0. The van der Waals surface area contributed by atoms with Gasteiger partial charge in [-0.05, 0) is 32.0 Å². The quantitative estimate of drug-likeness (QED) is 0.867. The molecule has 18 heavy (non-hydrogen) atoms. The van der Waals surface area contributed by atoms with Crippen molar-refractivity contribution in [1.82, 2.24) is 5.32 Å². The van der Waals surface area contributed by atoms with Crippen LogP contribution in [0.2, 0.25) is 0 Å². The summed E-state index contributed by atoms with van der Waals surface area (Å²) in [5.74, 6) is -1.74. The molecule has 1 aromatic carbocycles. The highest BCUT2D eigenvalue weighted by Gasteiger charge is 2.20. The summed E-state index contributed by atoms with van der Waals surface area (Å²) < 4.78 is 26.5. The van der Waals surface area contributed by atoms with Gasteiger partial charge in [0.25, 0.3) is 0 Å². The van der Waals surface area contributed by atoms with Crippen LogP contribution in [0.5, 0.6) is 0 Å². The molecular formula is C13H18F2N2O. The van der Waals surface area contributed by atoms with Gasteiger partial charge in [0.1, 0.15) is 11.6 Å². The van der Waals surface area contributed by atoms with Crippen LogP contribution in [-0.2, 0) is 4.79 Å². The summed E-state index contributed by atoms with van der Waals surface area (Å²) in [6, 6.07) is 2.26. The first-order valence-corrected chi connectivity index (χ1v) is 5.83. The number of carbonyl (C=O) groups excluding carboxylic acids is 1. The van der Waals surface area contributed by atoms with Gasteiger partial charge in [-0.25, -0.2) is 8.78 Å². The number of carbonyl (C=O) groups is 1. The minimum atomic E-state index is -0.602. The zero-order chi connectivity index (χ0) is 13.9. The van der Waals surface area contributed by atoms with Crippen molar-refractivity contribution in [3.63, 3.8) is 0 Å². The van der Waals surface area contributed by atoms with Crippen molar-refractivity contribution in [2.75, 3.05) is 0 Å². The van der Waals surface area contributed by atoms with E-state index in [1.807, 2.05) is 0 Å². The van der Waals surface area contributed by atoms with E-state index in [4.69, 9.17) is 5.73 Å². The lowest BCUT2D eigenvalue weighted by Crippen LogP contribution is -2.39. The highest BCUT2D eigenvalue weighted by Crippen LogP contribution is 2.18. The van der Waals surface area contributed by atoms with Gasteiger partial charge in [-0.15, -0.1) is 0 Å². The Morgan fingerprint density at radius 1 is 1.28 bits per heavy atom. The second kappa shape index (κ2) is 5.91. The van der Waals surface area contributed by atoms with E-state index < -0.39 is 17.7 Å². The van der Waals surface area contributed by atoms with Gasteiger partial charge >= 0.3 is 0 Å². The summed E-state index contributed by atoms with van der Waals surface area (Å²) in [5, 5.41) is 2.62. The Kier molecular flexibility index (Phi) is 4.78. The van der Waals surface area contributed by atoms with Crippen LogP contribution < -0.4 is 11.1 Å². The van der Waals surface area contributed by atoms with Gasteiger partial charge in [-0.2, -0.15) is 0 Å². The Bertz CT molecular complexity index is 435. The van der Waals surface area contributed by atoms with E-state index in [0.717, 1.165) is 18.2 Å². The molecule has 0 aliphatic carbocycles. The van der Waals surface area contributed by atoms with E-state index in [0.29, 0.717) is 0 Å². The van der Waals surface area contributed by atoms with Gasteiger partial charge in [-0.3, -0.25) is 4.79 Å². The average molecular weight is 256 g/mol. The van der Waals surface area contributed by atoms with E-state index in [1.54, 1.807) is 20.8 Å². The Morgan fingerprint density at radius 3 is 2.44 bits per heavy atom. The van der Waals surface area contributed by atoms with Gasteiger partial charge in [-0.1, -0.05) is 6.92 Å². The van der Waals surface area contributed by atoms with Gasteiger partial charge in [0.05, 0.1) is 6.04 Å². The number of hydrogen-bond acceptors (Lipinski definition) is 2. The summed E-state index contributed by atoms with van der Waals surface area (Å²) in [6.07, 6.45) is 0.